The van der Waals surface area contributed by atoms with Gasteiger partial charge in [-0.25, -0.2) is 13.4 Å². The first-order valence-electron chi connectivity index (χ1n) is 8.00. The maximum absolute atomic E-state index is 12.4. The van der Waals surface area contributed by atoms with Gasteiger partial charge in [0.05, 0.1) is 18.0 Å². The maximum Gasteiger partial charge on any atom is 0.271 e. The SMILES string of the molecule is CCc1ccc(S(=O)(=O)Nc2ccc(NCC3CCCO3)nc2)s1. The molecule has 0 saturated carbocycles. The Morgan fingerprint density at radius 2 is 2.21 bits per heavy atom. The average molecular weight is 367 g/mol. The summed E-state index contributed by atoms with van der Waals surface area (Å²) < 4.78 is 33.1. The highest BCUT2D eigenvalue weighted by atomic mass is 32.2. The van der Waals surface area contributed by atoms with E-state index < -0.39 is 10.0 Å². The summed E-state index contributed by atoms with van der Waals surface area (Å²) in [4.78, 5) is 5.29. The Morgan fingerprint density at radius 3 is 2.83 bits per heavy atom. The number of pyridine rings is 1. The molecular weight excluding hydrogens is 346 g/mol. The number of sulfonamides is 1. The zero-order chi connectivity index (χ0) is 17.0. The molecule has 0 bridgehead atoms. The highest BCUT2D eigenvalue weighted by molar-refractivity contribution is 7.94. The smallest absolute Gasteiger partial charge is 0.271 e. The quantitative estimate of drug-likeness (QED) is 0.786. The molecule has 1 aliphatic rings. The number of nitrogens with one attached hydrogen (secondary N) is 2. The third kappa shape index (κ3) is 4.25. The van der Waals surface area contributed by atoms with Crippen LogP contribution in [0.25, 0.3) is 0 Å². The summed E-state index contributed by atoms with van der Waals surface area (Å²) in [6.45, 7) is 3.54. The number of nitrogens with zero attached hydrogens (tertiary/aromatic N) is 1. The van der Waals surface area contributed by atoms with Gasteiger partial charge in [-0.1, -0.05) is 6.92 Å². The molecule has 8 heteroatoms. The molecule has 2 aromatic rings. The van der Waals surface area contributed by atoms with Crippen LogP contribution in [0, 0.1) is 0 Å². The predicted molar refractivity (Wildman–Crippen MR) is 96.2 cm³/mol. The van der Waals surface area contributed by atoms with Crippen molar-refractivity contribution in [2.45, 2.75) is 36.5 Å². The van der Waals surface area contributed by atoms with E-state index in [2.05, 4.69) is 15.0 Å². The van der Waals surface area contributed by atoms with E-state index in [0.29, 0.717) is 22.3 Å². The number of aromatic nitrogens is 1. The summed E-state index contributed by atoms with van der Waals surface area (Å²) in [5, 5.41) is 3.21. The van der Waals surface area contributed by atoms with Crippen LogP contribution in [-0.2, 0) is 21.2 Å². The number of aryl methyl sites for hydroxylation is 1. The lowest BCUT2D eigenvalue weighted by Crippen LogP contribution is -2.19. The van der Waals surface area contributed by atoms with E-state index in [4.69, 9.17) is 4.74 Å². The Bertz CT molecular complexity index is 766. The van der Waals surface area contributed by atoms with Crippen LogP contribution in [0.15, 0.2) is 34.7 Å². The highest BCUT2D eigenvalue weighted by Gasteiger charge is 2.17. The summed E-state index contributed by atoms with van der Waals surface area (Å²) in [6.07, 6.45) is 4.74. The molecule has 1 atom stereocenters. The van der Waals surface area contributed by atoms with Crippen molar-refractivity contribution < 1.29 is 13.2 Å². The first kappa shape index (κ1) is 17.2. The second-order valence-electron chi connectivity index (χ2n) is 5.63. The summed E-state index contributed by atoms with van der Waals surface area (Å²) >= 11 is 1.29. The molecule has 0 amide bonds. The molecular formula is C16H21N3O3S2. The molecule has 0 spiro atoms. The van der Waals surface area contributed by atoms with Gasteiger partial charge in [-0.3, -0.25) is 4.72 Å². The predicted octanol–water partition coefficient (Wildman–Crippen LogP) is 3.10. The molecule has 0 aromatic carbocycles. The minimum absolute atomic E-state index is 0.233. The van der Waals surface area contributed by atoms with Crippen LogP contribution in [-0.4, -0.2) is 32.7 Å². The molecule has 1 aliphatic heterocycles. The standard InChI is InChI=1S/C16H21N3O3S2/c1-2-14-6-8-16(23-14)24(20,21)19-12-5-7-15(17-10-12)18-11-13-4-3-9-22-13/h5-8,10,13,19H,2-4,9,11H2,1H3,(H,17,18). The molecule has 6 nitrogen and oxygen atoms in total. The number of thiophene rings is 1. The Labute approximate surface area is 146 Å². The van der Waals surface area contributed by atoms with Gasteiger partial charge in [0.2, 0.25) is 0 Å². The molecule has 3 rings (SSSR count). The van der Waals surface area contributed by atoms with Gasteiger partial charge in [-0.15, -0.1) is 11.3 Å². The van der Waals surface area contributed by atoms with E-state index in [9.17, 15) is 8.42 Å². The number of rotatable bonds is 7. The highest BCUT2D eigenvalue weighted by Crippen LogP contribution is 2.24. The van der Waals surface area contributed by atoms with E-state index in [1.54, 1.807) is 18.2 Å². The van der Waals surface area contributed by atoms with Crippen molar-refractivity contribution in [3.05, 3.63) is 35.3 Å². The van der Waals surface area contributed by atoms with Crippen molar-refractivity contribution in [1.29, 1.82) is 0 Å². The third-order valence-corrected chi connectivity index (χ3v) is 6.90. The van der Waals surface area contributed by atoms with Gasteiger partial charge in [-0.05, 0) is 43.5 Å². The number of hydrogen-bond acceptors (Lipinski definition) is 6. The van der Waals surface area contributed by atoms with Crippen molar-refractivity contribution in [2.75, 3.05) is 23.2 Å². The number of anilines is 2. The van der Waals surface area contributed by atoms with E-state index >= 15 is 0 Å². The van der Waals surface area contributed by atoms with Gasteiger partial charge >= 0.3 is 0 Å². The lowest BCUT2D eigenvalue weighted by molar-refractivity contribution is 0.120. The van der Waals surface area contributed by atoms with Gasteiger partial charge < -0.3 is 10.1 Å². The Hall–Kier alpha value is -1.64. The molecule has 24 heavy (non-hydrogen) atoms. The van der Waals surface area contributed by atoms with Crippen molar-refractivity contribution >= 4 is 32.9 Å². The fourth-order valence-corrected chi connectivity index (χ4v) is 4.82. The van der Waals surface area contributed by atoms with E-state index in [0.717, 1.165) is 30.7 Å². The molecule has 0 aliphatic carbocycles. The summed E-state index contributed by atoms with van der Waals surface area (Å²) in [7, 11) is -3.55. The van der Waals surface area contributed by atoms with Gasteiger partial charge in [0, 0.05) is 18.0 Å². The third-order valence-electron chi connectivity index (χ3n) is 3.80. The summed E-state index contributed by atoms with van der Waals surface area (Å²) in [6, 6.07) is 6.95. The van der Waals surface area contributed by atoms with Crippen LogP contribution in [0.3, 0.4) is 0 Å². The van der Waals surface area contributed by atoms with E-state index in [1.807, 2.05) is 13.0 Å². The maximum atomic E-state index is 12.4. The second-order valence-corrected chi connectivity index (χ2v) is 8.71. The fourth-order valence-electron chi connectivity index (χ4n) is 2.48. The minimum atomic E-state index is -3.55. The van der Waals surface area contributed by atoms with Crippen LogP contribution in [0.5, 0.6) is 0 Å². The largest absolute Gasteiger partial charge is 0.376 e. The van der Waals surface area contributed by atoms with Crippen LogP contribution in [0.2, 0.25) is 0 Å². The molecule has 3 heterocycles. The van der Waals surface area contributed by atoms with Crippen molar-refractivity contribution in [3.8, 4) is 0 Å². The molecule has 1 fully saturated rings. The normalized spacial score (nSPS) is 17.8. The average Bonchev–Trinajstić information content (AvgIpc) is 3.25. The number of hydrogen-bond donors (Lipinski definition) is 2. The molecule has 1 unspecified atom stereocenters. The minimum Gasteiger partial charge on any atom is -0.376 e. The summed E-state index contributed by atoms with van der Waals surface area (Å²) in [5.74, 6) is 0.706. The summed E-state index contributed by atoms with van der Waals surface area (Å²) in [5.41, 5.74) is 0.448. The van der Waals surface area contributed by atoms with E-state index in [-0.39, 0.29) is 6.10 Å². The topological polar surface area (TPSA) is 80.3 Å². The molecule has 0 radical (unpaired) electrons. The van der Waals surface area contributed by atoms with Crippen LogP contribution in [0.1, 0.15) is 24.6 Å². The Balaban J connectivity index is 1.60. The van der Waals surface area contributed by atoms with Gasteiger partial charge in [0.15, 0.2) is 0 Å². The lowest BCUT2D eigenvalue weighted by Gasteiger charge is -2.12. The first-order chi connectivity index (χ1) is 11.6. The van der Waals surface area contributed by atoms with Crippen molar-refractivity contribution in [3.63, 3.8) is 0 Å². The van der Waals surface area contributed by atoms with Crippen LogP contribution >= 0.6 is 11.3 Å². The van der Waals surface area contributed by atoms with Crippen molar-refractivity contribution in [2.24, 2.45) is 0 Å². The monoisotopic (exact) mass is 367 g/mol. The second kappa shape index (κ2) is 7.50. The number of ether oxygens (including phenoxy) is 1. The van der Waals surface area contributed by atoms with Gasteiger partial charge in [-0.2, -0.15) is 0 Å². The lowest BCUT2D eigenvalue weighted by atomic mass is 10.2. The van der Waals surface area contributed by atoms with Crippen LogP contribution < -0.4 is 10.0 Å². The molecule has 2 N–H and O–H groups in total. The fraction of sp³-hybridized carbons (Fsp3) is 0.438. The first-order valence-corrected chi connectivity index (χ1v) is 10.3. The van der Waals surface area contributed by atoms with Crippen LogP contribution in [0.4, 0.5) is 11.5 Å². The Morgan fingerprint density at radius 1 is 1.33 bits per heavy atom. The van der Waals surface area contributed by atoms with E-state index in [1.165, 1.54) is 17.5 Å². The zero-order valence-electron chi connectivity index (χ0n) is 13.5. The van der Waals surface area contributed by atoms with Crippen molar-refractivity contribution in [1.82, 2.24) is 4.98 Å². The Kier molecular flexibility index (Phi) is 5.37. The molecule has 1 saturated heterocycles. The molecule has 130 valence electrons. The van der Waals surface area contributed by atoms with Gasteiger partial charge in [0.1, 0.15) is 10.0 Å². The molecule has 2 aromatic heterocycles. The zero-order valence-corrected chi connectivity index (χ0v) is 15.1. The van der Waals surface area contributed by atoms with Gasteiger partial charge in [0.25, 0.3) is 10.0 Å².